The largest absolute Gasteiger partial charge is 0.496 e. The summed E-state index contributed by atoms with van der Waals surface area (Å²) < 4.78 is 5.35. The van der Waals surface area contributed by atoms with E-state index in [2.05, 4.69) is 5.43 Å². The summed E-state index contributed by atoms with van der Waals surface area (Å²) >= 11 is 0. The van der Waals surface area contributed by atoms with Crippen molar-refractivity contribution < 1.29 is 9.53 Å². The molecule has 1 aromatic rings. The molecule has 1 atom stereocenters. The van der Waals surface area contributed by atoms with Crippen LogP contribution in [-0.2, 0) is 4.79 Å². The van der Waals surface area contributed by atoms with Gasteiger partial charge in [0.2, 0.25) is 5.91 Å². The van der Waals surface area contributed by atoms with Crippen LogP contribution in [0.25, 0.3) is 0 Å². The van der Waals surface area contributed by atoms with E-state index < -0.39 is 0 Å². The van der Waals surface area contributed by atoms with Gasteiger partial charge in [-0.15, -0.1) is 0 Å². The van der Waals surface area contributed by atoms with Crippen molar-refractivity contribution in [1.29, 1.82) is 0 Å². The van der Waals surface area contributed by atoms with Crippen molar-refractivity contribution in [1.82, 2.24) is 5.43 Å². The monoisotopic (exact) mass is 251 g/mol. The molecule has 1 amide bonds. The van der Waals surface area contributed by atoms with Gasteiger partial charge in [0, 0.05) is 12.5 Å². The van der Waals surface area contributed by atoms with E-state index in [1.54, 1.807) is 7.11 Å². The second kappa shape index (κ2) is 5.84. The highest BCUT2D eigenvalue weighted by Gasteiger charge is 2.17. The zero-order valence-electron chi connectivity index (χ0n) is 11.3. The molecule has 0 aromatic heterocycles. The number of nitrogens with one attached hydrogen (secondary N) is 1. The lowest BCUT2D eigenvalue weighted by atomic mass is 9.93. The average Bonchev–Trinajstić information content (AvgIpc) is 2.34. The molecule has 0 spiro atoms. The highest BCUT2D eigenvalue weighted by Crippen LogP contribution is 2.31. The topological polar surface area (TPSA) is 90.4 Å². The van der Waals surface area contributed by atoms with Crippen LogP contribution in [-0.4, -0.2) is 13.0 Å². The van der Waals surface area contributed by atoms with Gasteiger partial charge in [-0.3, -0.25) is 10.2 Å². The number of hydrazine groups is 1. The van der Waals surface area contributed by atoms with Crippen LogP contribution in [0, 0.1) is 20.8 Å². The summed E-state index contributed by atoms with van der Waals surface area (Å²) in [6, 6.07) is 1.60. The van der Waals surface area contributed by atoms with E-state index in [-0.39, 0.29) is 18.4 Å². The van der Waals surface area contributed by atoms with Crippen LogP contribution in [0.3, 0.4) is 0 Å². The Balaban J connectivity index is 3.14. The average molecular weight is 251 g/mol. The molecule has 0 radical (unpaired) electrons. The van der Waals surface area contributed by atoms with E-state index in [4.69, 9.17) is 16.3 Å². The van der Waals surface area contributed by atoms with Crippen molar-refractivity contribution in [2.75, 3.05) is 7.11 Å². The molecular weight excluding hydrogens is 230 g/mol. The van der Waals surface area contributed by atoms with Gasteiger partial charge in [-0.25, -0.2) is 5.84 Å². The number of rotatable bonds is 4. The smallest absolute Gasteiger partial charge is 0.235 e. The molecule has 0 saturated carbocycles. The fourth-order valence-corrected chi connectivity index (χ4v) is 2.16. The first-order valence-electron chi connectivity index (χ1n) is 5.82. The van der Waals surface area contributed by atoms with Crippen molar-refractivity contribution in [3.05, 3.63) is 28.3 Å². The van der Waals surface area contributed by atoms with Gasteiger partial charge in [0.15, 0.2) is 0 Å². The van der Waals surface area contributed by atoms with Crippen molar-refractivity contribution in [3.8, 4) is 5.75 Å². The zero-order chi connectivity index (χ0) is 13.9. The molecule has 100 valence electrons. The Morgan fingerprint density at radius 1 is 1.39 bits per heavy atom. The molecule has 0 fully saturated rings. The molecule has 0 saturated heterocycles. The van der Waals surface area contributed by atoms with Crippen LogP contribution in [0.1, 0.15) is 34.7 Å². The summed E-state index contributed by atoms with van der Waals surface area (Å²) in [5, 5.41) is 0. The Hall–Kier alpha value is -1.59. The minimum atomic E-state index is -0.364. The molecule has 5 heteroatoms. The number of aryl methyl sites for hydroxylation is 1. The summed E-state index contributed by atoms with van der Waals surface area (Å²) in [5.41, 5.74) is 12.2. The quantitative estimate of drug-likeness (QED) is 0.423. The van der Waals surface area contributed by atoms with E-state index in [1.807, 2.05) is 26.8 Å². The number of hydrogen-bond acceptors (Lipinski definition) is 4. The minimum absolute atomic E-state index is 0.169. The Bertz CT molecular complexity index is 458. The van der Waals surface area contributed by atoms with Gasteiger partial charge in [0.25, 0.3) is 0 Å². The Labute approximate surface area is 107 Å². The normalized spacial score (nSPS) is 12.1. The number of benzene rings is 1. The molecule has 0 aliphatic carbocycles. The third-order valence-electron chi connectivity index (χ3n) is 3.24. The standard InChI is InChI=1S/C13H21N3O2/c1-7-5-10(11(14)6-12(17)16-15)8(2)9(3)13(7)18-4/h5,11H,6,14-15H2,1-4H3,(H,16,17). The van der Waals surface area contributed by atoms with Crippen LogP contribution in [0.5, 0.6) is 5.75 Å². The third-order valence-corrected chi connectivity index (χ3v) is 3.24. The molecule has 0 aliphatic heterocycles. The highest BCUT2D eigenvalue weighted by atomic mass is 16.5. The molecular formula is C13H21N3O2. The minimum Gasteiger partial charge on any atom is -0.496 e. The first-order valence-corrected chi connectivity index (χ1v) is 5.82. The van der Waals surface area contributed by atoms with Gasteiger partial charge in [-0.1, -0.05) is 6.07 Å². The van der Waals surface area contributed by atoms with Crippen molar-refractivity contribution in [3.63, 3.8) is 0 Å². The molecule has 0 bridgehead atoms. The van der Waals surface area contributed by atoms with Gasteiger partial charge in [0.05, 0.1) is 7.11 Å². The lowest BCUT2D eigenvalue weighted by molar-refractivity contribution is -0.121. The van der Waals surface area contributed by atoms with Crippen molar-refractivity contribution in [2.45, 2.75) is 33.2 Å². The molecule has 18 heavy (non-hydrogen) atoms. The predicted octanol–water partition coefficient (Wildman–Crippen LogP) is 1.00. The van der Waals surface area contributed by atoms with E-state index in [1.165, 1.54) is 0 Å². The Kier molecular flexibility index (Phi) is 4.69. The van der Waals surface area contributed by atoms with Crippen LogP contribution in [0.4, 0.5) is 0 Å². The second-order valence-corrected chi connectivity index (χ2v) is 4.44. The number of carbonyl (C=O) groups excluding carboxylic acids is 1. The van der Waals surface area contributed by atoms with Gasteiger partial charge >= 0.3 is 0 Å². The maximum Gasteiger partial charge on any atom is 0.235 e. The lowest BCUT2D eigenvalue weighted by Gasteiger charge is -2.19. The Morgan fingerprint density at radius 2 is 2.00 bits per heavy atom. The summed E-state index contributed by atoms with van der Waals surface area (Å²) in [6.45, 7) is 5.93. The van der Waals surface area contributed by atoms with Crippen molar-refractivity contribution in [2.24, 2.45) is 11.6 Å². The van der Waals surface area contributed by atoms with Crippen LogP contribution in [0.15, 0.2) is 6.07 Å². The zero-order valence-corrected chi connectivity index (χ0v) is 11.3. The third kappa shape index (κ3) is 2.80. The first-order chi connectivity index (χ1) is 8.42. The molecule has 5 N–H and O–H groups in total. The number of methoxy groups -OCH3 is 1. The van der Waals surface area contributed by atoms with E-state index in [0.29, 0.717) is 0 Å². The maximum absolute atomic E-state index is 11.3. The second-order valence-electron chi connectivity index (χ2n) is 4.44. The maximum atomic E-state index is 11.3. The number of amides is 1. The number of ether oxygens (including phenoxy) is 1. The van der Waals surface area contributed by atoms with Gasteiger partial charge in [0.1, 0.15) is 5.75 Å². The van der Waals surface area contributed by atoms with Gasteiger partial charge in [-0.05, 0) is 43.0 Å². The molecule has 0 heterocycles. The number of nitrogens with two attached hydrogens (primary N) is 2. The fourth-order valence-electron chi connectivity index (χ4n) is 2.16. The molecule has 5 nitrogen and oxygen atoms in total. The Morgan fingerprint density at radius 3 is 2.50 bits per heavy atom. The SMILES string of the molecule is COc1c(C)cc(C(N)CC(=O)NN)c(C)c1C. The summed E-state index contributed by atoms with van der Waals surface area (Å²) in [7, 11) is 1.65. The molecule has 1 rings (SSSR count). The number of carbonyl (C=O) groups is 1. The van der Waals surface area contributed by atoms with E-state index in [9.17, 15) is 4.79 Å². The van der Waals surface area contributed by atoms with Crippen LogP contribution < -0.4 is 21.7 Å². The fraction of sp³-hybridized carbons (Fsp3) is 0.462. The lowest BCUT2D eigenvalue weighted by Crippen LogP contribution is -2.32. The van der Waals surface area contributed by atoms with Gasteiger partial charge < -0.3 is 10.5 Å². The summed E-state index contributed by atoms with van der Waals surface area (Å²) in [5.74, 6) is 5.66. The first kappa shape index (κ1) is 14.5. The molecule has 0 aliphatic rings. The van der Waals surface area contributed by atoms with Gasteiger partial charge in [-0.2, -0.15) is 0 Å². The molecule has 1 unspecified atom stereocenters. The van der Waals surface area contributed by atoms with E-state index >= 15 is 0 Å². The van der Waals surface area contributed by atoms with Crippen molar-refractivity contribution >= 4 is 5.91 Å². The molecule has 1 aromatic carbocycles. The van der Waals surface area contributed by atoms with Crippen LogP contribution >= 0.6 is 0 Å². The summed E-state index contributed by atoms with van der Waals surface area (Å²) in [4.78, 5) is 11.3. The van der Waals surface area contributed by atoms with Crippen LogP contribution in [0.2, 0.25) is 0 Å². The van der Waals surface area contributed by atoms with E-state index in [0.717, 1.165) is 28.0 Å². The summed E-state index contributed by atoms with van der Waals surface area (Å²) in [6.07, 6.45) is 0.169. The number of hydrogen-bond donors (Lipinski definition) is 3. The predicted molar refractivity (Wildman–Crippen MR) is 71.1 cm³/mol. The highest BCUT2D eigenvalue weighted by molar-refractivity contribution is 5.76.